The molecule has 164 valence electrons. The Morgan fingerprint density at radius 2 is 1.81 bits per heavy atom. The molecule has 2 aromatic rings. The number of benzene rings is 1. The lowest BCUT2D eigenvalue weighted by atomic mass is 9.79. The molecule has 0 amide bonds. The van der Waals surface area contributed by atoms with Gasteiger partial charge in [-0.2, -0.15) is 13.5 Å². The summed E-state index contributed by atoms with van der Waals surface area (Å²) in [7, 11) is -0.941. The van der Waals surface area contributed by atoms with Gasteiger partial charge in [-0.25, -0.2) is 4.68 Å². The van der Waals surface area contributed by atoms with E-state index in [0.29, 0.717) is 11.3 Å². The summed E-state index contributed by atoms with van der Waals surface area (Å²) in [6.45, 7) is 9.15. The Morgan fingerprint density at radius 1 is 1.19 bits per heavy atom. The van der Waals surface area contributed by atoms with Crippen molar-refractivity contribution >= 4 is 26.5 Å². The van der Waals surface area contributed by atoms with Crippen LogP contribution in [0.25, 0.3) is 5.57 Å². The number of allylic oxidation sites excluding steroid dienone is 4. The topological polar surface area (TPSA) is 98.5 Å². The molecule has 1 N–H and O–H groups in total. The van der Waals surface area contributed by atoms with E-state index in [1.165, 1.54) is 17.0 Å². The summed E-state index contributed by atoms with van der Waals surface area (Å²) in [4.78, 5) is 13.5. The molecule has 7 nitrogen and oxygen atoms in total. The van der Waals surface area contributed by atoms with Crippen molar-refractivity contribution in [1.82, 2.24) is 9.78 Å². The molecule has 0 bridgehead atoms. The van der Waals surface area contributed by atoms with E-state index in [0.717, 1.165) is 11.1 Å². The van der Waals surface area contributed by atoms with Crippen molar-refractivity contribution in [3.8, 4) is 11.6 Å². The Morgan fingerprint density at radius 3 is 2.29 bits per heavy atom. The molecular formula is C23H26N2O5S. The fourth-order valence-corrected chi connectivity index (χ4v) is 4.41. The molecule has 31 heavy (non-hydrogen) atoms. The molecule has 1 unspecified atom stereocenters. The Hall–Kier alpha value is -3.13. The Kier molecular flexibility index (Phi) is 5.96. The predicted molar refractivity (Wildman–Crippen MR) is 120 cm³/mol. The molecule has 1 heterocycles. The first-order valence-corrected chi connectivity index (χ1v) is 10.9. The smallest absolute Gasteiger partial charge is 0.221 e. The largest absolute Gasteiger partial charge is 0.497 e. The molecule has 8 heteroatoms. The molecule has 0 saturated carbocycles. The average Bonchev–Trinajstić information content (AvgIpc) is 3.09. The third kappa shape index (κ3) is 4.07. The van der Waals surface area contributed by atoms with E-state index in [1.54, 1.807) is 33.1 Å². The first kappa shape index (κ1) is 22.6. The second-order valence-corrected chi connectivity index (χ2v) is 9.42. The van der Waals surface area contributed by atoms with E-state index in [-0.39, 0.29) is 21.9 Å². The van der Waals surface area contributed by atoms with Gasteiger partial charge in [-0.3, -0.25) is 4.79 Å². The molecule has 0 spiro atoms. The highest BCUT2D eigenvalue weighted by molar-refractivity contribution is 7.73. The zero-order valence-electron chi connectivity index (χ0n) is 18.4. The van der Waals surface area contributed by atoms with Crippen LogP contribution in [0.5, 0.6) is 11.6 Å². The van der Waals surface area contributed by atoms with Crippen LogP contribution < -0.4 is 4.74 Å². The number of nitrogens with zero attached hydrogens (tertiary/aromatic N) is 2. The van der Waals surface area contributed by atoms with Gasteiger partial charge in [-0.1, -0.05) is 19.1 Å². The van der Waals surface area contributed by atoms with Crippen molar-refractivity contribution in [3.63, 3.8) is 0 Å². The number of ketones is 1. The van der Waals surface area contributed by atoms with Crippen molar-refractivity contribution in [3.05, 3.63) is 58.8 Å². The van der Waals surface area contributed by atoms with Gasteiger partial charge in [0.25, 0.3) is 0 Å². The molecule has 3 rings (SSSR count). The maximum absolute atomic E-state index is 13.4. The first-order valence-electron chi connectivity index (χ1n) is 9.83. The quantitative estimate of drug-likeness (QED) is 0.573. The summed E-state index contributed by atoms with van der Waals surface area (Å²) in [5.41, 5.74) is 1.90. The number of carbonyl (C=O) groups excluding carboxylic acids is 1. The highest BCUT2D eigenvalue weighted by atomic mass is 32.2. The fraction of sp³-hybridized carbons (Fsp3) is 0.348. The van der Waals surface area contributed by atoms with Gasteiger partial charge in [0, 0.05) is 11.5 Å². The number of Topliss-reactive ketones (excluding diaryl/α,β-unsaturated/α-hetero) is 1. The van der Waals surface area contributed by atoms with Crippen LogP contribution in [0.4, 0.5) is 0 Å². The number of hydrogen-bond donors (Lipinski definition) is 1. The van der Waals surface area contributed by atoms with Crippen LogP contribution in [0.2, 0.25) is 0 Å². The fourth-order valence-electron chi connectivity index (χ4n) is 3.79. The van der Waals surface area contributed by atoms with Crippen LogP contribution in [-0.2, 0) is 15.8 Å². The van der Waals surface area contributed by atoms with Crippen molar-refractivity contribution in [2.45, 2.75) is 40.2 Å². The van der Waals surface area contributed by atoms with Crippen molar-refractivity contribution in [2.24, 2.45) is 5.92 Å². The first-order chi connectivity index (χ1) is 14.5. The number of aromatic hydroxyl groups is 1. The summed E-state index contributed by atoms with van der Waals surface area (Å²) in [6.07, 6.45) is 2.71. The minimum absolute atomic E-state index is 0.0280. The van der Waals surface area contributed by atoms with Gasteiger partial charge >= 0.3 is 0 Å². The van der Waals surface area contributed by atoms with Crippen molar-refractivity contribution in [2.75, 3.05) is 7.11 Å². The minimum atomic E-state index is -2.51. The lowest BCUT2D eigenvalue weighted by Gasteiger charge is -2.25. The molecule has 0 saturated heterocycles. The summed E-state index contributed by atoms with van der Waals surface area (Å²) < 4.78 is 30.5. The summed E-state index contributed by atoms with van der Waals surface area (Å²) in [5.74, 6) is -0.491. The monoisotopic (exact) mass is 442 g/mol. The summed E-state index contributed by atoms with van der Waals surface area (Å²) in [5, 5.41) is 14.8. The van der Waals surface area contributed by atoms with Crippen LogP contribution in [0.3, 0.4) is 0 Å². The molecule has 1 aromatic heterocycles. The van der Waals surface area contributed by atoms with Gasteiger partial charge in [-0.15, -0.1) is 0 Å². The molecule has 0 aliphatic heterocycles. The SMILES string of the molecule is COc1ccc(C2=C(C)C(C(=O)c3cnn(C(C)(C)C)c3O)=CC(=S(=O)=O)C2C)cc1. The predicted octanol–water partition coefficient (Wildman–Crippen LogP) is 3.64. The average molecular weight is 443 g/mol. The maximum Gasteiger partial charge on any atom is 0.221 e. The third-order valence-corrected chi connectivity index (χ3v) is 6.27. The van der Waals surface area contributed by atoms with E-state index in [9.17, 15) is 18.3 Å². The number of ether oxygens (including phenoxy) is 1. The lowest BCUT2D eigenvalue weighted by Crippen LogP contribution is -2.23. The van der Waals surface area contributed by atoms with Crippen molar-refractivity contribution < 1.29 is 23.1 Å². The molecule has 1 aliphatic carbocycles. The van der Waals surface area contributed by atoms with Gasteiger partial charge < -0.3 is 9.84 Å². The zero-order chi connectivity index (χ0) is 23.1. The van der Waals surface area contributed by atoms with Gasteiger partial charge in [-0.05, 0) is 62.6 Å². The van der Waals surface area contributed by atoms with Crippen LogP contribution in [0, 0.1) is 5.92 Å². The van der Waals surface area contributed by atoms with Crippen LogP contribution in [0.1, 0.15) is 50.5 Å². The van der Waals surface area contributed by atoms with E-state index >= 15 is 0 Å². The summed E-state index contributed by atoms with van der Waals surface area (Å²) in [6, 6.07) is 7.24. The van der Waals surface area contributed by atoms with Gasteiger partial charge in [0.1, 0.15) is 11.3 Å². The van der Waals surface area contributed by atoms with Crippen LogP contribution >= 0.6 is 0 Å². The highest BCUT2D eigenvalue weighted by Crippen LogP contribution is 2.38. The highest BCUT2D eigenvalue weighted by Gasteiger charge is 2.32. The van der Waals surface area contributed by atoms with Gasteiger partial charge in [0.15, 0.2) is 5.78 Å². The van der Waals surface area contributed by atoms with Crippen LogP contribution in [0.15, 0.2) is 47.7 Å². The molecular weight excluding hydrogens is 416 g/mol. The molecule has 1 atom stereocenters. The lowest BCUT2D eigenvalue weighted by molar-refractivity contribution is 0.103. The zero-order valence-corrected chi connectivity index (χ0v) is 19.2. The molecule has 1 aliphatic rings. The normalized spacial score (nSPS) is 16.9. The van der Waals surface area contributed by atoms with E-state index in [2.05, 4.69) is 5.10 Å². The van der Waals surface area contributed by atoms with Crippen LogP contribution in [-0.4, -0.2) is 41.1 Å². The second-order valence-electron chi connectivity index (χ2n) is 8.48. The van der Waals surface area contributed by atoms with E-state index in [1.807, 2.05) is 32.9 Å². The number of rotatable bonds is 4. The van der Waals surface area contributed by atoms with Gasteiger partial charge in [0.2, 0.25) is 16.2 Å². The van der Waals surface area contributed by atoms with E-state index in [4.69, 9.17) is 4.74 Å². The van der Waals surface area contributed by atoms with Gasteiger partial charge in [0.05, 0.1) is 23.7 Å². The number of carbonyl (C=O) groups is 1. The number of hydrogen-bond acceptors (Lipinski definition) is 6. The third-order valence-electron chi connectivity index (χ3n) is 5.42. The van der Waals surface area contributed by atoms with E-state index < -0.39 is 27.5 Å². The number of aromatic nitrogens is 2. The standard InChI is InChI=1S/C23H26N2O5S/c1-13-17(21(26)18-12-24-25(22(18)27)23(3,4)5)11-19(31(28)29)14(2)20(13)15-7-9-16(30-6)10-8-15/h7-12,14,27H,1-6H3. The Labute approximate surface area is 183 Å². The number of methoxy groups -OCH3 is 1. The maximum atomic E-state index is 13.4. The van der Waals surface area contributed by atoms with Crippen molar-refractivity contribution in [1.29, 1.82) is 0 Å². The molecule has 1 aromatic carbocycles. The minimum Gasteiger partial charge on any atom is -0.497 e. The second kappa shape index (κ2) is 8.19. The summed E-state index contributed by atoms with van der Waals surface area (Å²) >= 11 is 0. The Bertz CT molecular complexity index is 1230. The molecule has 0 fully saturated rings. The Balaban J connectivity index is 2.19. The molecule has 0 radical (unpaired) electrons.